The minimum absolute atomic E-state index is 0.258. The van der Waals surface area contributed by atoms with Gasteiger partial charge in [0.2, 0.25) is 6.79 Å². The fourth-order valence-corrected chi connectivity index (χ4v) is 4.96. The molecular formula is C24H22O3S. The standard InChI is InChI=1S/C24H22O3S/c1-15-3-4-17(9-19(15)20-13-28-12-16(20)2)10-23(25)24(7-8-24)18-5-6-21-22(11-18)27-14-26-21/h3-6,9,11-13H,7-8,10,14H2,1-2H3. The summed E-state index contributed by atoms with van der Waals surface area (Å²) < 4.78 is 10.9. The third kappa shape index (κ3) is 2.83. The molecule has 28 heavy (non-hydrogen) atoms. The molecule has 0 amide bonds. The van der Waals surface area contributed by atoms with Gasteiger partial charge in [-0.05, 0) is 83.0 Å². The summed E-state index contributed by atoms with van der Waals surface area (Å²) in [6.45, 7) is 4.53. The number of Topliss-reactive ketones (excluding diaryl/α,β-unsaturated/α-hetero) is 1. The van der Waals surface area contributed by atoms with Crippen LogP contribution in [0, 0.1) is 13.8 Å². The van der Waals surface area contributed by atoms with E-state index in [1.807, 2.05) is 18.2 Å². The Balaban J connectivity index is 1.42. The molecule has 0 atom stereocenters. The van der Waals surface area contributed by atoms with Gasteiger partial charge >= 0.3 is 0 Å². The molecule has 0 N–H and O–H groups in total. The molecule has 0 radical (unpaired) electrons. The smallest absolute Gasteiger partial charge is 0.231 e. The molecule has 4 heteroatoms. The third-order valence-electron chi connectivity index (χ3n) is 6.02. The Hall–Kier alpha value is -2.59. The Morgan fingerprint density at radius 3 is 2.54 bits per heavy atom. The third-order valence-corrected chi connectivity index (χ3v) is 6.88. The van der Waals surface area contributed by atoms with E-state index in [9.17, 15) is 4.79 Å². The van der Waals surface area contributed by atoms with E-state index in [-0.39, 0.29) is 12.2 Å². The van der Waals surface area contributed by atoms with Crippen molar-refractivity contribution in [1.29, 1.82) is 0 Å². The topological polar surface area (TPSA) is 35.5 Å². The van der Waals surface area contributed by atoms with Gasteiger partial charge in [-0.2, -0.15) is 11.3 Å². The lowest BCUT2D eigenvalue weighted by Gasteiger charge is -2.16. The van der Waals surface area contributed by atoms with Crippen LogP contribution < -0.4 is 9.47 Å². The van der Waals surface area contributed by atoms with Gasteiger partial charge in [0.1, 0.15) is 5.78 Å². The van der Waals surface area contributed by atoms with E-state index in [1.165, 1.54) is 22.3 Å². The van der Waals surface area contributed by atoms with Gasteiger partial charge in [0.25, 0.3) is 0 Å². The Morgan fingerprint density at radius 1 is 0.964 bits per heavy atom. The maximum Gasteiger partial charge on any atom is 0.231 e. The summed E-state index contributed by atoms with van der Waals surface area (Å²) in [4.78, 5) is 13.3. The van der Waals surface area contributed by atoms with E-state index < -0.39 is 0 Å². The monoisotopic (exact) mass is 390 g/mol. The SMILES string of the molecule is Cc1cscc1-c1cc(CC(=O)C2(c3ccc4c(c3)OCO4)CC2)ccc1C. The number of ketones is 1. The van der Waals surface area contributed by atoms with Crippen molar-refractivity contribution in [3.63, 3.8) is 0 Å². The Bertz CT molecular complexity index is 1080. The van der Waals surface area contributed by atoms with Gasteiger partial charge in [0.05, 0.1) is 5.41 Å². The van der Waals surface area contributed by atoms with E-state index in [0.29, 0.717) is 12.2 Å². The molecule has 2 aromatic carbocycles. The highest BCUT2D eigenvalue weighted by atomic mass is 32.1. The number of carbonyl (C=O) groups excluding carboxylic acids is 1. The van der Waals surface area contributed by atoms with Gasteiger partial charge in [-0.1, -0.05) is 24.3 Å². The van der Waals surface area contributed by atoms with E-state index in [2.05, 4.69) is 42.8 Å². The molecule has 1 aromatic heterocycles. The quantitative estimate of drug-likeness (QED) is 0.568. The normalized spacial score (nSPS) is 16.2. The number of ether oxygens (including phenoxy) is 2. The van der Waals surface area contributed by atoms with Crippen molar-refractivity contribution in [1.82, 2.24) is 0 Å². The number of carbonyl (C=O) groups is 1. The first-order valence-corrected chi connectivity index (χ1v) is 10.6. The molecule has 1 saturated carbocycles. The van der Waals surface area contributed by atoms with Crippen molar-refractivity contribution in [2.45, 2.75) is 38.5 Å². The van der Waals surface area contributed by atoms with E-state index >= 15 is 0 Å². The first-order chi connectivity index (χ1) is 13.6. The Kier molecular flexibility index (Phi) is 4.06. The van der Waals surface area contributed by atoms with Crippen molar-refractivity contribution < 1.29 is 14.3 Å². The molecule has 1 aliphatic carbocycles. The van der Waals surface area contributed by atoms with Crippen LogP contribution >= 0.6 is 11.3 Å². The summed E-state index contributed by atoms with van der Waals surface area (Å²) in [6, 6.07) is 12.4. The fourth-order valence-electron chi connectivity index (χ4n) is 4.11. The summed E-state index contributed by atoms with van der Waals surface area (Å²) in [5, 5.41) is 4.36. The molecule has 3 aromatic rings. The van der Waals surface area contributed by atoms with Crippen LogP contribution in [0.2, 0.25) is 0 Å². The summed E-state index contributed by atoms with van der Waals surface area (Å²) in [6.07, 6.45) is 2.28. The molecule has 0 bridgehead atoms. The maximum absolute atomic E-state index is 13.3. The molecular weight excluding hydrogens is 368 g/mol. The zero-order valence-corrected chi connectivity index (χ0v) is 16.9. The minimum Gasteiger partial charge on any atom is -0.454 e. The summed E-state index contributed by atoms with van der Waals surface area (Å²) >= 11 is 1.72. The summed E-state index contributed by atoms with van der Waals surface area (Å²) in [7, 11) is 0. The molecule has 0 spiro atoms. The maximum atomic E-state index is 13.3. The molecule has 0 unspecified atom stereocenters. The van der Waals surface area contributed by atoms with Crippen molar-refractivity contribution in [2.24, 2.45) is 0 Å². The second-order valence-corrected chi connectivity index (χ2v) is 8.61. The van der Waals surface area contributed by atoms with E-state index in [0.717, 1.165) is 35.5 Å². The van der Waals surface area contributed by atoms with Gasteiger partial charge in [-0.3, -0.25) is 4.79 Å². The largest absolute Gasteiger partial charge is 0.454 e. The molecule has 2 aliphatic rings. The lowest BCUT2D eigenvalue weighted by atomic mass is 9.87. The van der Waals surface area contributed by atoms with Crippen molar-refractivity contribution >= 4 is 17.1 Å². The van der Waals surface area contributed by atoms with Crippen LogP contribution in [-0.4, -0.2) is 12.6 Å². The van der Waals surface area contributed by atoms with Crippen LogP contribution in [0.25, 0.3) is 11.1 Å². The number of fused-ring (bicyclic) bond motifs is 1. The lowest BCUT2D eigenvalue weighted by Crippen LogP contribution is -2.22. The predicted molar refractivity (Wildman–Crippen MR) is 111 cm³/mol. The van der Waals surface area contributed by atoms with Gasteiger partial charge in [0.15, 0.2) is 11.5 Å². The first-order valence-electron chi connectivity index (χ1n) is 9.63. The van der Waals surface area contributed by atoms with Crippen molar-refractivity contribution in [3.8, 4) is 22.6 Å². The Morgan fingerprint density at radius 2 is 1.79 bits per heavy atom. The summed E-state index contributed by atoms with van der Waals surface area (Å²) in [5.74, 6) is 1.81. The molecule has 3 nitrogen and oxygen atoms in total. The van der Waals surface area contributed by atoms with Gasteiger partial charge in [-0.25, -0.2) is 0 Å². The first kappa shape index (κ1) is 17.5. The molecule has 2 heterocycles. The fraction of sp³-hybridized carbons (Fsp3) is 0.292. The molecule has 142 valence electrons. The highest BCUT2D eigenvalue weighted by molar-refractivity contribution is 7.08. The van der Waals surface area contributed by atoms with Gasteiger partial charge < -0.3 is 9.47 Å². The highest BCUT2D eigenvalue weighted by Gasteiger charge is 2.50. The average Bonchev–Trinajstić information content (AvgIpc) is 3.18. The van der Waals surface area contributed by atoms with Gasteiger partial charge in [0, 0.05) is 6.42 Å². The second-order valence-electron chi connectivity index (χ2n) is 7.87. The van der Waals surface area contributed by atoms with Crippen LogP contribution in [0.1, 0.15) is 35.1 Å². The minimum atomic E-state index is -0.357. The molecule has 1 fully saturated rings. The average molecular weight is 391 g/mol. The van der Waals surface area contributed by atoms with E-state index in [4.69, 9.17) is 9.47 Å². The van der Waals surface area contributed by atoms with Crippen LogP contribution in [0.15, 0.2) is 47.2 Å². The highest BCUT2D eigenvalue weighted by Crippen LogP contribution is 2.51. The molecule has 5 rings (SSSR count). The number of benzene rings is 2. The molecule has 1 aliphatic heterocycles. The number of hydrogen-bond donors (Lipinski definition) is 0. The van der Waals surface area contributed by atoms with Crippen LogP contribution in [0.4, 0.5) is 0 Å². The molecule has 0 saturated heterocycles. The van der Waals surface area contributed by atoms with Crippen LogP contribution in [-0.2, 0) is 16.6 Å². The lowest BCUT2D eigenvalue weighted by molar-refractivity contribution is -0.120. The summed E-state index contributed by atoms with van der Waals surface area (Å²) in [5.41, 5.74) is 6.83. The van der Waals surface area contributed by atoms with E-state index in [1.54, 1.807) is 11.3 Å². The van der Waals surface area contributed by atoms with Crippen LogP contribution in [0.3, 0.4) is 0 Å². The van der Waals surface area contributed by atoms with Crippen molar-refractivity contribution in [2.75, 3.05) is 6.79 Å². The number of aryl methyl sites for hydroxylation is 2. The zero-order chi connectivity index (χ0) is 19.3. The van der Waals surface area contributed by atoms with Crippen LogP contribution in [0.5, 0.6) is 11.5 Å². The van der Waals surface area contributed by atoms with Crippen molar-refractivity contribution in [3.05, 3.63) is 69.4 Å². The zero-order valence-electron chi connectivity index (χ0n) is 16.1. The second kappa shape index (κ2) is 6.49. The number of hydrogen-bond acceptors (Lipinski definition) is 4. The predicted octanol–water partition coefficient (Wildman–Crippen LogP) is 5.60. The van der Waals surface area contributed by atoms with Gasteiger partial charge in [-0.15, -0.1) is 0 Å². The number of rotatable bonds is 5. The Labute approximate surface area is 168 Å². The number of thiophene rings is 1.